The number of benzene rings is 2. The molecule has 144 valence electrons. The molecule has 0 unspecified atom stereocenters. The molecular formula is C18H21N3O5S. The van der Waals surface area contributed by atoms with Crippen LogP contribution in [0.3, 0.4) is 0 Å². The largest absolute Gasteiger partial charge is 0.497 e. The van der Waals surface area contributed by atoms with Crippen molar-refractivity contribution < 1.29 is 22.7 Å². The van der Waals surface area contributed by atoms with Crippen molar-refractivity contribution in [2.75, 3.05) is 23.0 Å². The van der Waals surface area contributed by atoms with Gasteiger partial charge < -0.3 is 15.8 Å². The van der Waals surface area contributed by atoms with Crippen molar-refractivity contribution >= 4 is 33.2 Å². The fraction of sp³-hybridized carbons (Fsp3) is 0.222. The van der Waals surface area contributed by atoms with Gasteiger partial charge in [0, 0.05) is 6.07 Å². The Hall–Kier alpha value is -3.07. The lowest BCUT2D eigenvalue weighted by Crippen LogP contribution is -2.45. The quantitative estimate of drug-likeness (QED) is 0.743. The number of para-hydroxylation sites is 1. The zero-order valence-corrected chi connectivity index (χ0v) is 16.0. The smallest absolute Gasteiger partial charge is 0.250 e. The van der Waals surface area contributed by atoms with Gasteiger partial charge in [0.25, 0.3) is 5.91 Å². The number of anilines is 2. The van der Waals surface area contributed by atoms with Crippen LogP contribution in [0.5, 0.6) is 5.75 Å². The number of rotatable bonds is 7. The van der Waals surface area contributed by atoms with Crippen LogP contribution < -0.4 is 20.1 Å². The third kappa shape index (κ3) is 4.76. The molecule has 27 heavy (non-hydrogen) atoms. The normalized spacial score (nSPS) is 12.1. The zero-order chi connectivity index (χ0) is 20.2. The van der Waals surface area contributed by atoms with Crippen LogP contribution in [0.15, 0.2) is 48.5 Å². The SMILES string of the molecule is COc1cccc(N([C@@H](C)C(=O)Nc2ccccc2C(N)=O)S(C)(=O)=O)c1. The number of nitrogens with one attached hydrogen (secondary N) is 1. The van der Waals surface area contributed by atoms with E-state index < -0.39 is 27.9 Å². The minimum absolute atomic E-state index is 0.130. The molecule has 0 saturated carbocycles. The Kier molecular flexibility index (Phi) is 6.06. The average Bonchev–Trinajstić information content (AvgIpc) is 2.61. The number of nitrogens with zero attached hydrogens (tertiary/aromatic N) is 1. The predicted octanol–water partition coefficient (Wildman–Crippen LogP) is 1.59. The summed E-state index contributed by atoms with van der Waals surface area (Å²) in [6.07, 6.45) is 1.01. The zero-order valence-electron chi connectivity index (χ0n) is 15.2. The van der Waals surface area contributed by atoms with E-state index in [1.807, 2.05) is 0 Å². The Morgan fingerprint density at radius 2 is 1.81 bits per heavy atom. The van der Waals surface area contributed by atoms with Crippen molar-refractivity contribution in [3.63, 3.8) is 0 Å². The van der Waals surface area contributed by atoms with Crippen molar-refractivity contribution in [1.82, 2.24) is 0 Å². The molecule has 1 atom stereocenters. The number of amides is 2. The van der Waals surface area contributed by atoms with Gasteiger partial charge in [-0.05, 0) is 31.2 Å². The van der Waals surface area contributed by atoms with Crippen LogP contribution in [0.2, 0.25) is 0 Å². The highest BCUT2D eigenvalue weighted by Gasteiger charge is 2.30. The summed E-state index contributed by atoms with van der Waals surface area (Å²) in [6.45, 7) is 1.45. The lowest BCUT2D eigenvalue weighted by Gasteiger charge is -2.28. The molecule has 2 amide bonds. The molecule has 0 aliphatic heterocycles. The van der Waals surface area contributed by atoms with Gasteiger partial charge in [-0.2, -0.15) is 0 Å². The molecule has 3 N–H and O–H groups in total. The molecule has 0 bridgehead atoms. The van der Waals surface area contributed by atoms with Gasteiger partial charge in [-0.1, -0.05) is 18.2 Å². The van der Waals surface area contributed by atoms with Gasteiger partial charge in [0.2, 0.25) is 15.9 Å². The van der Waals surface area contributed by atoms with Gasteiger partial charge >= 0.3 is 0 Å². The highest BCUT2D eigenvalue weighted by atomic mass is 32.2. The second-order valence-electron chi connectivity index (χ2n) is 5.84. The molecule has 0 spiro atoms. The first-order valence-electron chi connectivity index (χ1n) is 7.98. The van der Waals surface area contributed by atoms with E-state index in [4.69, 9.17) is 10.5 Å². The Balaban J connectivity index is 2.37. The van der Waals surface area contributed by atoms with E-state index in [-0.39, 0.29) is 16.9 Å². The van der Waals surface area contributed by atoms with E-state index in [0.29, 0.717) is 5.75 Å². The fourth-order valence-electron chi connectivity index (χ4n) is 2.60. The third-order valence-corrected chi connectivity index (χ3v) is 5.09. The Bertz CT molecular complexity index is 959. The Morgan fingerprint density at radius 3 is 2.41 bits per heavy atom. The van der Waals surface area contributed by atoms with E-state index in [9.17, 15) is 18.0 Å². The molecular weight excluding hydrogens is 370 g/mol. The molecule has 9 heteroatoms. The van der Waals surface area contributed by atoms with E-state index in [0.717, 1.165) is 10.6 Å². The highest BCUT2D eigenvalue weighted by Crippen LogP contribution is 2.26. The first kappa shape index (κ1) is 20.2. The maximum absolute atomic E-state index is 12.7. The lowest BCUT2D eigenvalue weighted by molar-refractivity contribution is -0.116. The Morgan fingerprint density at radius 1 is 1.15 bits per heavy atom. The van der Waals surface area contributed by atoms with Crippen LogP contribution in [0, 0.1) is 0 Å². The van der Waals surface area contributed by atoms with E-state index >= 15 is 0 Å². The third-order valence-electron chi connectivity index (χ3n) is 3.85. The van der Waals surface area contributed by atoms with Crippen molar-refractivity contribution in [1.29, 1.82) is 0 Å². The highest BCUT2D eigenvalue weighted by molar-refractivity contribution is 7.92. The van der Waals surface area contributed by atoms with Gasteiger partial charge in [0.15, 0.2) is 0 Å². The summed E-state index contributed by atoms with van der Waals surface area (Å²) in [5, 5.41) is 2.57. The summed E-state index contributed by atoms with van der Waals surface area (Å²) in [5.41, 5.74) is 5.93. The molecule has 8 nitrogen and oxygen atoms in total. The topological polar surface area (TPSA) is 119 Å². The van der Waals surface area contributed by atoms with Crippen LogP contribution in [-0.2, 0) is 14.8 Å². The van der Waals surface area contributed by atoms with Crippen molar-refractivity contribution in [2.24, 2.45) is 5.73 Å². The molecule has 0 saturated heterocycles. The fourth-order valence-corrected chi connectivity index (χ4v) is 3.77. The second-order valence-corrected chi connectivity index (χ2v) is 7.69. The minimum atomic E-state index is -3.78. The molecule has 2 aromatic carbocycles. The van der Waals surface area contributed by atoms with Gasteiger partial charge in [0.05, 0.1) is 30.3 Å². The van der Waals surface area contributed by atoms with Gasteiger partial charge in [-0.3, -0.25) is 13.9 Å². The van der Waals surface area contributed by atoms with Gasteiger partial charge in [-0.15, -0.1) is 0 Å². The Labute approximate surface area is 158 Å². The number of hydrogen-bond acceptors (Lipinski definition) is 5. The first-order chi connectivity index (χ1) is 12.6. The summed E-state index contributed by atoms with van der Waals surface area (Å²) in [6, 6.07) is 11.5. The number of primary amides is 1. The van der Waals surface area contributed by atoms with Crippen molar-refractivity contribution in [2.45, 2.75) is 13.0 Å². The molecule has 0 aliphatic rings. The summed E-state index contributed by atoms with van der Waals surface area (Å²) < 4.78 is 30.8. The summed E-state index contributed by atoms with van der Waals surface area (Å²) in [7, 11) is -2.32. The number of ether oxygens (including phenoxy) is 1. The average molecular weight is 391 g/mol. The van der Waals surface area contributed by atoms with Crippen LogP contribution in [-0.4, -0.2) is 39.6 Å². The maximum Gasteiger partial charge on any atom is 0.250 e. The van der Waals surface area contributed by atoms with Crippen molar-refractivity contribution in [3.05, 3.63) is 54.1 Å². The lowest BCUT2D eigenvalue weighted by atomic mass is 10.1. The number of hydrogen-bond donors (Lipinski definition) is 2. The van der Waals surface area contributed by atoms with Crippen LogP contribution in [0.25, 0.3) is 0 Å². The number of carbonyl (C=O) groups is 2. The first-order valence-corrected chi connectivity index (χ1v) is 9.83. The van der Waals surface area contributed by atoms with E-state index in [1.165, 1.54) is 32.2 Å². The van der Waals surface area contributed by atoms with E-state index in [1.54, 1.807) is 30.3 Å². The molecule has 0 aromatic heterocycles. The predicted molar refractivity (Wildman–Crippen MR) is 103 cm³/mol. The summed E-state index contributed by atoms with van der Waals surface area (Å²) in [5.74, 6) is -0.865. The number of carbonyl (C=O) groups excluding carboxylic acids is 2. The second kappa shape index (κ2) is 8.09. The molecule has 0 heterocycles. The van der Waals surface area contributed by atoms with Gasteiger partial charge in [-0.25, -0.2) is 8.42 Å². The molecule has 0 aliphatic carbocycles. The van der Waals surface area contributed by atoms with E-state index in [2.05, 4.69) is 5.32 Å². The molecule has 0 fully saturated rings. The number of methoxy groups -OCH3 is 1. The molecule has 0 radical (unpaired) electrons. The number of nitrogens with two attached hydrogens (primary N) is 1. The van der Waals surface area contributed by atoms with Crippen LogP contribution in [0.4, 0.5) is 11.4 Å². The van der Waals surface area contributed by atoms with Crippen molar-refractivity contribution in [3.8, 4) is 5.75 Å². The maximum atomic E-state index is 12.7. The number of sulfonamides is 1. The standard InChI is InChI=1S/C18H21N3O5S/c1-12(18(23)20-16-10-5-4-9-15(16)17(19)22)21(27(3,24)25)13-7-6-8-14(11-13)26-2/h4-12H,1-3H3,(H2,19,22)(H,20,23)/t12-/m0/s1. The monoisotopic (exact) mass is 391 g/mol. The van der Waals surface area contributed by atoms with Crippen LogP contribution in [0.1, 0.15) is 17.3 Å². The molecule has 2 aromatic rings. The summed E-state index contributed by atoms with van der Waals surface area (Å²) in [4.78, 5) is 24.2. The minimum Gasteiger partial charge on any atom is -0.497 e. The summed E-state index contributed by atoms with van der Waals surface area (Å²) >= 11 is 0. The molecule has 2 rings (SSSR count). The van der Waals surface area contributed by atoms with Gasteiger partial charge in [0.1, 0.15) is 11.8 Å². The van der Waals surface area contributed by atoms with Crippen LogP contribution >= 0.6 is 0 Å².